The van der Waals surface area contributed by atoms with Gasteiger partial charge in [0.05, 0.1) is 23.6 Å². The van der Waals surface area contributed by atoms with Crippen molar-refractivity contribution >= 4 is 16.9 Å². The predicted molar refractivity (Wildman–Crippen MR) is 103 cm³/mol. The summed E-state index contributed by atoms with van der Waals surface area (Å²) in [5.41, 5.74) is 2.88. The normalized spacial score (nSPS) is 20.0. The van der Waals surface area contributed by atoms with E-state index >= 15 is 0 Å². The van der Waals surface area contributed by atoms with Crippen LogP contribution in [0.3, 0.4) is 0 Å². The van der Waals surface area contributed by atoms with Gasteiger partial charge in [-0.3, -0.25) is 4.79 Å². The number of nitrogens with zero attached hydrogens (tertiary/aromatic N) is 2. The van der Waals surface area contributed by atoms with E-state index in [1.54, 1.807) is 6.07 Å². The Hall–Kier alpha value is -2.73. The summed E-state index contributed by atoms with van der Waals surface area (Å²) in [7, 11) is 0. The maximum Gasteiger partial charge on any atom is 0.220 e. The number of halogens is 1. The van der Waals surface area contributed by atoms with Gasteiger partial charge in [-0.25, -0.2) is 9.37 Å². The van der Waals surface area contributed by atoms with Gasteiger partial charge in [-0.15, -0.1) is 0 Å². The summed E-state index contributed by atoms with van der Waals surface area (Å²) in [5, 5.41) is 6.55. The maximum atomic E-state index is 13.7. The van der Waals surface area contributed by atoms with E-state index in [9.17, 15) is 9.18 Å². The number of nitrogens with one attached hydrogen (secondary N) is 2. The largest absolute Gasteiger partial charge is 0.348 e. The van der Waals surface area contributed by atoms with Crippen molar-refractivity contribution in [3.05, 3.63) is 65.7 Å². The highest BCUT2D eigenvalue weighted by atomic mass is 19.1. The van der Waals surface area contributed by atoms with Crippen LogP contribution in [0.1, 0.15) is 37.2 Å². The average Bonchev–Trinajstić information content (AvgIpc) is 3.04. The van der Waals surface area contributed by atoms with E-state index in [-0.39, 0.29) is 23.8 Å². The molecule has 0 bridgehead atoms. The summed E-state index contributed by atoms with van der Waals surface area (Å²) in [6.45, 7) is 3.54. The lowest BCUT2D eigenvalue weighted by atomic mass is 9.92. The van der Waals surface area contributed by atoms with Crippen molar-refractivity contribution in [1.82, 2.24) is 20.2 Å². The quantitative estimate of drug-likeness (QED) is 0.728. The van der Waals surface area contributed by atoms with Crippen LogP contribution in [-0.2, 0) is 17.9 Å². The fourth-order valence-electron chi connectivity index (χ4n) is 3.87. The van der Waals surface area contributed by atoms with Crippen LogP contribution in [0.5, 0.6) is 0 Å². The zero-order chi connectivity index (χ0) is 18.8. The van der Waals surface area contributed by atoms with Gasteiger partial charge in [0.1, 0.15) is 11.6 Å². The topological polar surface area (TPSA) is 59.0 Å². The second-order valence-electron chi connectivity index (χ2n) is 6.89. The molecule has 1 fully saturated rings. The summed E-state index contributed by atoms with van der Waals surface area (Å²) < 4.78 is 15.9. The first-order valence-electron chi connectivity index (χ1n) is 9.38. The molecular formula is C21H23FN4O. The number of carbonyl (C=O) groups is 1. The lowest BCUT2D eigenvalue weighted by molar-refractivity contribution is -0.123. The van der Waals surface area contributed by atoms with Gasteiger partial charge >= 0.3 is 0 Å². The van der Waals surface area contributed by atoms with Crippen molar-refractivity contribution in [2.24, 2.45) is 0 Å². The molecule has 0 radical (unpaired) electrons. The van der Waals surface area contributed by atoms with Crippen molar-refractivity contribution in [3.8, 4) is 0 Å². The van der Waals surface area contributed by atoms with Crippen LogP contribution in [0.2, 0.25) is 0 Å². The molecule has 0 aliphatic carbocycles. The lowest BCUT2D eigenvalue weighted by Gasteiger charge is -2.33. The van der Waals surface area contributed by atoms with Gasteiger partial charge < -0.3 is 15.2 Å². The SMILES string of the molecule is CCn1c(CN[C@@H]2CCC(=O)N[C@H]2c2cccc(F)c2)nc2ccccc21. The fourth-order valence-corrected chi connectivity index (χ4v) is 3.87. The summed E-state index contributed by atoms with van der Waals surface area (Å²) in [6, 6.07) is 14.3. The van der Waals surface area contributed by atoms with E-state index in [1.807, 2.05) is 24.3 Å². The van der Waals surface area contributed by atoms with Crippen LogP contribution in [0.4, 0.5) is 4.39 Å². The molecule has 6 heteroatoms. The Morgan fingerprint density at radius 1 is 1.26 bits per heavy atom. The van der Waals surface area contributed by atoms with E-state index in [2.05, 4.69) is 28.2 Å². The van der Waals surface area contributed by atoms with Crippen molar-refractivity contribution in [1.29, 1.82) is 0 Å². The molecule has 0 unspecified atom stereocenters. The first-order valence-corrected chi connectivity index (χ1v) is 9.38. The third-order valence-corrected chi connectivity index (χ3v) is 5.18. The van der Waals surface area contributed by atoms with Crippen LogP contribution < -0.4 is 10.6 Å². The highest BCUT2D eigenvalue weighted by Crippen LogP contribution is 2.25. The first kappa shape index (κ1) is 17.7. The van der Waals surface area contributed by atoms with E-state index in [0.717, 1.165) is 29.0 Å². The summed E-state index contributed by atoms with van der Waals surface area (Å²) in [6.07, 6.45) is 1.17. The van der Waals surface area contributed by atoms with E-state index < -0.39 is 0 Å². The van der Waals surface area contributed by atoms with Gasteiger partial charge in [-0.2, -0.15) is 0 Å². The first-order chi connectivity index (χ1) is 13.2. The van der Waals surface area contributed by atoms with Crippen LogP contribution in [-0.4, -0.2) is 21.5 Å². The molecule has 4 rings (SSSR count). The molecule has 140 valence electrons. The van der Waals surface area contributed by atoms with Gasteiger partial charge in [-0.1, -0.05) is 24.3 Å². The molecule has 2 heterocycles. The number of aromatic nitrogens is 2. The van der Waals surface area contributed by atoms with Crippen LogP contribution in [0.25, 0.3) is 11.0 Å². The Balaban J connectivity index is 1.56. The zero-order valence-corrected chi connectivity index (χ0v) is 15.3. The monoisotopic (exact) mass is 366 g/mol. The number of para-hydroxylation sites is 2. The Labute approximate surface area is 157 Å². The number of hydrogen-bond acceptors (Lipinski definition) is 3. The Bertz CT molecular complexity index is 968. The number of amides is 1. The number of benzene rings is 2. The maximum absolute atomic E-state index is 13.7. The van der Waals surface area contributed by atoms with Crippen LogP contribution in [0.15, 0.2) is 48.5 Å². The molecule has 2 N–H and O–H groups in total. The number of aryl methyl sites for hydroxylation is 1. The smallest absolute Gasteiger partial charge is 0.220 e. The van der Waals surface area contributed by atoms with Crippen molar-refractivity contribution < 1.29 is 9.18 Å². The molecular weight excluding hydrogens is 343 g/mol. The minimum Gasteiger partial charge on any atom is -0.348 e. The summed E-state index contributed by atoms with van der Waals surface area (Å²) >= 11 is 0. The van der Waals surface area contributed by atoms with E-state index in [0.29, 0.717) is 19.4 Å². The number of piperidine rings is 1. The van der Waals surface area contributed by atoms with Gasteiger partial charge in [0.15, 0.2) is 0 Å². The number of carbonyl (C=O) groups excluding carboxylic acids is 1. The molecule has 1 aliphatic heterocycles. The highest BCUT2D eigenvalue weighted by Gasteiger charge is 2.30. The molecule has 0 saturated carbocycles. The molecule has 1 saturated heterocycles. The number of imidazole rings is 1. The molecule has 0 spiro atoms. The van der Waals surface area contributed by atoms with Crippen LogP contribution in [0, 0.1) is 5.82 Å². The Morgan fingerprint density at radius 2 is 2.11 bits per heavy atom. The van der Waals surface area contributed by atoms with Gasteiger partial charge in [-0.05, 0) is 43.2 Å². The lowest BCUT2D eigenvalue weighted by Crippen LogP contribution is -2.48. The Morgan fingerprint density at radius 3 is 2.93 bits per heavy atom. The van der Waals surface area contributed by atoms with E-state index in [1.165, 1.54) is 12.1 Å². The zero-order valence-electron chi connectivity index (χ0n) is 15.3. The van der Waals surface area contributed by atoms with Crippen molar-refractivity contribution in [3.63, 3.8) is 0 Å². The van der Waals surface area contributed by atoms with Gasteiger partial charge in [0.2, 0.25) is 5.91 Å². The predicted octanol–water partition coefficient (Wildman–Crippen LogP) is 3.30. The average molecular weight is 366 g/mol. The molecule has 1 amide bonds. The number of hydrogen-bond donors (Lipinski definition) is 2. The summed E-state index contributed by atoms with van der Waals surface area (Å²) in [5.74, 6) is 0.676. The fraction of sp³-hybridized carbons (Fsp3) is 0.333. The minimum atomic E-state index is -0.293. The van der Waals surface area contributed by atoms with E-state index in [4.69, 9.17) is 4.98 Å². The highest BCUT2D eigenvalue weighted by molar-refractivity contribution is 5.77. The molecule has 2 aromatic carbocycles. The molecule has 1 aromatic heterocycles. The van der Waals surface area contributed by atoms with Gasteiger partial charge in [0, 0.05) is 19.0 Å². The molecule has 2 atom stereocenters. The van der Waals surface area contributed by atoms with Crippen molar-refractivity contribution in [2.45, 2.75) is 44.9 Å². The van der Waals surface area contributed by atoms with Gasteiger partial charge in [0.25, 0.3) is 0 Å². The third-order valence-electron chi connectivity index (χ3n) is 5.18. The third kappa shape index (κ3) is 3.57. The minimum absolute atomic E-state index is 0.00288. The van der Waals surface area contributed by atoms with Crippen molar-refractivity contribution in [2.75, 3.05) is 0 Å². The Kier molecular flexibility index (Phi) is 4.90. The molecule has 1 aliphatic rings. The molecule has 27 heavy (non-hydrogen) atoms. The summed E-state index contributed by atoms with van der Waals surface area (Å²) in [4.78, 5) is 16.7. The standard InChI is InChI=1S/C21H23FN4O/c1-2-26-18-9-4-3-8-16(18)24-19(26)13-23-17-10-11-20(27)25-21(17)14-6-5-7-15(22)12-14/h3-9,12,17,21,23H,2,10-11,13H2,1H3,(H,25,27)/t17-,21+/m1/s1. The van der Waals surface area contributed by atoms with Crippen LogP contribution >= 0.6 is 0 Å². The number of fused-ring (bicyclic) bond motifs is 1. The second-order valence-corrected chi connectivity index (χ2v) is 6.89. The molecule has 5 nitrogen and oxygen atoms in total. The molecule has 3 aromatic rings. The second kappa shape index (κ2) is 7.48. The number of rotatable bonds is 5.